The standard InChI is InChI=1S/C29H50N7O7PSi/c1-17(2)25(38)33-28-32-24-21(26(39)34-28)31-16-35(24)27-23(22(20(15-37)41-27)43-45(10,11)29(7,8)9)42-44(40-14-12-13-30)36(18(3)4)19(5)6/h16-20,22-23,27,37H,12,14-15H2,1-11H3,(H2,32,33,34,38,39)/t20-,22+,23-,27-,44?/m1/s1. The van der Waals surface area contributed by atoms with E-state index in [1.165, 1.54) is 6.33 Å². The Labute approximate surface area is 267 Å². The maximum absolute atomic E-state index is 13.0. The van der Waals surface area contributed by atoms with Crippen molar-refractivity contribution in [2.45, 2.75) is 123 Å². The number of imidazole rings is 1. The van der Waals surface area contributed by atoms with Gasteiger partial charge in [0, 0.05) is 18.0 Å². The zero-order valence-corrected chi connectivity index (χ0v) is 30.2. The number of carbonyl (C=O) groups is 1. The number of nitriles is 1. The molecule has 5 atom stereocenters. The van der Waals surface area contributed by atoms with E-state index in [9.17, 15) is 20.0 Å². The van der Waals surface area contributed by atoms with Gasteiger partial charge in [0.15, 0.2) is 25.7 Å². The number of nitrogens with one attached hydrogen (secondary N) is 2. The summed E-state index contributed by atoms with van der Waals surface area (Å²) in [5, 5.41) is 22.3. The lowest BCUT2D eigenvalue weighted by Gasteiger charge is -2.42. The van der Waals surface area contributed by atoms with Gasteiger partial charge in [0.2, 0.25) is 11.9 Å². The molecule has 1 aliphatic heterocycles. The van der Waals surface area contributed by atoms with E-state index in [1.54, 1.807) is 18.4 Å². The molecular weight excluding hydrogens is 617 g/mol. The van der Waals surface area contributed by atoms with E-state index < -0.39 is 46.9 Å². The van der Waals surface area contributed by atoms with Crippen LogP contribution in [0.5, 0.6) is 0 Å². The van der Waals surface area contributed by atoms with Gasteiger partial charge in [0.1, 0.15) is 18.3 Å². The van der Waals surface area contributed by atoms with Crippen LogP contribution in [-0.2, 0) is 23.0 Å². The summed E-state index contributed by atoms with van der Waals surface area (Å²) in [6.45, 7) is 22.1. The zero-order valence-electron chi connectivity index (χ0n) is 28.3. The summed E-state index contributed by atoms with van der Waals surface area (Å²) in [5.41, 5.74) is -0.318. The van der Waals surface area contributed by atoms with Crippen LogP contribution in [0.3, 0.4) is 0 Å². The van der Waals surface area contributed by atoms with Gasteiger partial charge < -0.3 is 23.3 Å². The number of nitrogens with zero attached hydrogens (tertiary/aromatic N) is 5. The van der Waals surface area contributed by atoms with Crippen molar-refractivity contribution in [1.29, 1.82) is 5.26 Å². The Hall–Kier alpha value is -2.28. The van der Waals surface area contributed by atoms with Crippen molar-refractivity contribution in [2.75, 3.05) is 18.5 Å². The van der Waals surface area contributed by atoms with Gasteiger partial charge in [-0.15, -0.1) is 0 Å². The predicted molar refractivity (Wildman–Crippen MR) is 175 cm³/mol. The second-order valence-corrected chi connectivity index (χ2v) is 19.8. The third-order valence-electron chi connectivity index (χ3n) is 8.05. The minimum atomic E-state index is -2.44. The average Bonchev–Trinajstić information content (AvgIpc) is 3.48. The van der Waals surface area contributed by atoms with E-state index in [-0.39, 0.29) is 65.7 Å². The third kappa shape index (κ3) is 8.55. The molecule has 252 valence electrons. The van der Waals surface area contributed by atoms with Crippen LogP contribution in [-0.4, -0.2) is 87.1 Å². The molecule has 0 radical (unpaired) electrons. The van der Waals surface area contributed by atoms with E-state index in [4.69, 9.17) is 18.2 Å². The highest BCUT2D eigenvalue weighted by molar-refractivity contribution is 7.44. The Balaban J connectivity index is 2.18. The molecule has 0 bridgehead atoms. The first-order chi connectivity index (χ1) is 20.9. The van der Waals surface area contributed by atoms with Crippen LogP contribution < -0.4 is 10.9 Å². The molecule has 0 spiro atoms. The molecule has 2 aromatic heterocycles. The molecule has 3 heterocycles. The highest BCUT2D eigenvalue weighted by Crippen LogP contribution is 2.52. The number of H-pyrrole nitrogens is 1. The molecule has 16 heteroatoms. The lowest BCUT2D eigenvalue weighted by Crippen LogP contribution is -2.50. The van der Waals surface area contributed by atoms with E-state index in [0.717, 1.165) is 0 Å². The number of hydrogen-bond acceptors (Lipinski definition) is 11. The molecule has 1 amide bonds. The highest BCUT2D eigenvalue weighted by Gasteiger charge is 2.53. The van der Waals surface area contributed by atoms with E-state index in [2.05, 4.69) is 64.9 Å². The molecule has 0 saturated carbocycles. The van der Waals surface area contributed by atoms with E-state index in [1.807, 2.05) is 27.7 Å². The summed E-state index contributed by atoms with van der Waals surface area (Å²) in [6.07, 6.45) is -1.65. The number of ether oxygens (including phenoxy) is 1. The summed E-state index contributed by atoms with van der Waals surface area (Å²) in [5.74, 6) is -0.674. The first-order valence-electron chi connectivity index (χ1n) is 15.4. The van der Waals surface area contributed by atoms with Gasteiger partial charge in [-0.3, -0.25) is 24.5 Å². The molecule has 3 rings (SSSR count). The summed E-state index contributed by atoms with van der Waals surface area (Å²) in [4.78, 5) is 36.8. The molecule has 0 aliphatic carbocycles. The minimum absolute atomic E-state index is 0.0240. The molecule has 1 aliphatic rings. The predicted octanol–water partition coefficient (Wildman–Crippen LogP) is 4.66. The van der Waals surface area contributed by atoms with Crippen LogP contribution >= 0.6 is 8.53 Å². The summed E-state index contributed by atoms with van der Waals surface area (Å²) in [7, 11) is -4.19. The van der Waals surface area contributed by atoms with Crippen molar-refractivity contribution in [3.8, 4) is 6.07 Å². The third-order valence-corrected chi connectivity index (χ3v) is 14.7. The second kappa shape index (κ2) is 15.1. The van der Waals surface area contributed by atoms with Crippen LogP contribution in [0, 0.1) is 17.2 Å². The second-order valence-electron chi connectivity index (χ2n) is 13.6. The lowest BCUT2D eigenvalue weighted by molar-refractivity contribution is -0.118. The fraction of sp³-hybridized carbons (Fsp3) is 0.759. The van der Waals surface area contributed by atoms with Gasteiger partial charge in [-0.1, -0.05) is 34.6 Å². The van der Waals surface area contributed by atoms with Crippen molar-refractivity contribution in [1.82, 2.24) is 24.2 Å². The fourth-order valence-corrected chi connectivity index (χ4v) is 7.74. The van der Waals surface area contributed by atoms with Gasteiger partial charge in [-0.25, -0.2) is 9.65 Å². The molecule has 1 saturated heterocycles. The largest absolute Gasteiger partial charge is 0.408 e. The lowest BCUT2D eigenvalue weighted by atomic mass is 10.1. The molecule has 1 unspecified atom stereocenters. The van der Waals surface area contributed by atoms with Gasteiger partial charge in [-0.2, -0.15) is 10.2 Å². The van der Waals surface area contributed by atoms with Crippen molar-refractivity contribution < 1.29 is 28.1 Å². The number of amides is 1. The maximum Gasteiger partial charge on any atom is 0.280 e. The number of rotatable bonds is 14. The molecule has 0 aromatic carbocycles. The molecule has 1 fully saturated rings. The Morgan fingerprint density at radius 2 is 1.89 bits per heavy atom. The SMILES string of the molecule is CC(C)C(=O)Nc1nc2c(ncn2[C@@H]2O[C@H](CO)[C@H](O[Si](C)(C)C(C)(C)C)[C@H]2OP(OCCC#N)N(C(C)C)C(C)C)c(=O)[nH]1. The quantitative estimate of drug-likeness (QED) is 0.145. The van der Waals surface area contributed by atoms with E-state index >= 15 is 0 Å². The number of fused-ring (bicyclic) bond motifs is 1. The van der Waals surface area contributed by atoms with E-state index in [0.29, 0.717) is 0 Å². The molecule has 45 heavy (non-hydrogen) atoms. The molecular formula is C29H50N7O7PSi. The maximum atomic E-state index is 13.0. The first-order valence-corrected chi connectivity index (χ1v) is 19.4. The highest BCUT2D eigenvalue weighted by atomic mass is 31.2. The van der Waals surface area contributed by atoms with Gasteiger partial charge in [0.05, 0.1) is 32.0 Å². The molecule has 3 N–H and O–H groups in total. The summed E-state index contributed by atoms with van der Waals surface area (Å²) in [6, 6.07) is 2.19. The fourth-order valence-electron chi connectivity index (χ4n) is 4.68. The number of aromatic nitrogens is 4. The number of carbonyl (C=O) groups excluding carboxylic acids is 1. The van der Waals surface area contributed by atoms with Crippen molar-refractivity contribution >= 4 is 39.9 Å². The Bertz CT molecular complexity index is 1390. The summed E-state index contributed by atoms with van der Waals surface area (Å²) >= 11 is 0. The van der Waals surface area contributed by atoms with Crippen LogP contribution in [0.4, 0.5) is 5.95 Å². The molecule has 14 nitrogen and oxygen atoms in total. The average molecular weight is 668 g/mol. The Kier molecular flexibility index (Phi) is 12.5. The van der Waals surface area contributed by atoms with Crippen molar-refractivity contribution in [3.63, 3.8) is 0 Å². The summed E-state index contributed by atoms with van der Waals surface area (Å²) < 4.78 is 30.2. The van der Waals surface area contributed by atoms with Crippen molar-refractivity contribution in [3.05, 3.63) is 16.7 Å². The zero-order chi connectivity index (χ0) is 33.9. The number of anilines is 1. The number of aromatic amines is 1. The van der Waals surface area contributed by atoms with Gasteiger partial charge in [-0.05, 0) is 45.8 Å². The molecule has 2 aromatic rings. The normalized spacial score (nSPS) is 21.8. The monoisotopic (exact) mass is 667 g/mol. The number of hydrogen-bond donors (Lipinski definition) is 3. The topological polar surface area (TPSA) is 177 Å². The Morgan fingerprint density at radius 1 is 1.24 bits per heavy atom. The first kappa shape index (κ1) is 37.2. The minimum Gasteiger partial charge on any atom is -0.408 e. The van der Waals surface area contributed by atoms with Crippen molar-refractivity contribution in [2.24, 2.45) is 5.92 Å². The van der Waals surface area contributed by atoms with Gasteiger partial charge in [0.25, 0.3) is 14.1 Å². The van der Waals surface area contributed by atoms with Gasteiger partial charge >= 0.3 is 0 Å². The smallest absolute Gasteiger partial charge is 0.280 e. The van der Waals surface area contributed by atoms with Crippen LogP contribution in [0.15, 0.2) is 11.1 Å². The van der Waals surface area contributed by atoms with Crippen LogP contribution in [0.1, 0.15) is 75.0 Å². The van der Waals surface area contributed by atoms with Crippen LogP contribution in [0.25, 0.3) is 11.2 Å². The Morgan fingerprint density at radius 3 is 2.42 bits per heavy atom. The number of aliphatic hydroxyl groups excluding tert-OH is 1. The number of aliphatic hydroxyl groups is 1. The van der Waals surface area contributed by atoms with Crippen LogP contribution in [0.2, 0.25) is 18.1 Å².